The third-order valence-corrected chi connectivity index (χ3v) is 11.3. The Morgan fingerprint density at radius 1 is 0.434 bits per heavy atom. The molecular formula is C52H38O. The zero-order valence-electron chi connectivity index (χ0n) is 29.9. The van der Waals surface area contributed by atoms with Gasteiger partial charge in [-0.2, -0.15) is 0 Å². The van der Waals surface area contributed by atoms with Crippen molar-refractivity contribution in [2.75, 3.05) is 0 Å². The highest BCUT2D eigenvalue weighted by molar-refractivity contribution is 6.23. The van der Waals surface area contributed by atoms with Crippen LogP contribution in [0.15, 0.2) is 180 Å². The summed E-state index contributed by atoms with van der Waals surface area (Å²) in [6.07, 6.45) is 1.11. The van der Waals surface area contributed by atoms with Crippen LogP contribution in [0.25, 0.3) is 98.8 Å². The van der Waals surface area contributed by atoms with Crippen LogP contribution in [0.5, 0.6) is 0 Å². The largest absolute Gasteiger partial charge is 0.455 e. The number of fused-ring (bicyclic) bond motifs is 7. The molecule has 1 unspecified atom stereocenters. The highest BCUT2D eigenvalue weighted by atomic mass is 16.3. The van der Waals surface area contributed by atoms with E-state index in [0.717, 1.165) is 34.1 Å². The summed E-state index contributed by atoms with van der Waals surface area (Å²) in [5.41, 5.74) is 12.9. The van der Waals surface area contributed by atoms with Gasteiger partial charge in [-0.1, -0.05) is 166 Å². The number of benzene rings is 9. The van der Waals surface area contributed by atoms with Crippen LogP contribution in [0.1, 0.15) is 31.7 Å². The van der Waals surface area contributed by atoms with Crippen LogP contribution >= 0.6 is 0 Å². The summed E-state index contributed by atoms with van der Waals surface area (Å²) in [5.74, 6) is 0.496. The summed E-state index contributed by atoms with van der Waals surface area (Å²) in [7, 11) is 0. The normalized spacial score (nSPS) is 12.3. The standard InChI is InChI=1S/C52H38O/c1-3-33(2)36-25-27-41-40(29-36)32-46(52-51(41)45-23-12-13-24-48(45)53-52)39-20-14-19-37(30-39)38-26-28-44-47(31-38)50(35-17-8-5-9-18-35)43-22-11-10-21-42(43)49(44)34-15-6-4-7-16-34/h4-33H,3H2,1-2H3. The van der Waals surface area contributed by atoms with Crippen LogP contribution in [0.4, 0.5) is 0 Å². The van der Waals surface area contributed by atoms with Crippen LogP contribution in [-0.2, 0) is 0 Å². The maximum Gasteiger partial charge on any atom is 0.143 e. The molecule has 53 heavy (non-hydrogen) atoms. The summed E-state index contributed by atoms with van der Waals surface area (Å²) < 4.78 is 6.71. The Morgan fingerprint density at radius 3 is 1.72 bits per heavy atom. The van der Waals surface area contributed by atoms with E-state index in [4.69, 9.17) is 4.42 Å². The number of rotatable bonds is 6. The van der Waals surface area contributed by atoms with Gasteiger partial charge in [0.05, 0.1) is 0 Å². The summed E-state index contributed by atoms with van der Waals surface area (Å²) >= 11 is 0. The number of para-hydroxylation sites is 1. The van der Waals surface area contributed by atoms with E-state index in [-0.39, 0.29) is 0 Å². The second kappa shape index (κ2) is 12.7. The van der Waals surface area contributed by atoms with Crippen molar-refractivity contribution >= 4 is 54.3 Å². The number of furan rings is 1. The quantitative estimate of drug-likeness (QED) is 0.160. The smallest absolute Gasteiger partial charge is 0.143 e. The van der Waals surface area contributed by atoms with Crippen LogP contribution in [0, 0.1) is 0 Å². The van der Waals surface area contributed by atoms with Gasteiger partial charge >= 0.3 is 0 Å². The van der Waals surface area contributed by atoms with E-state index in [2.05, 4.69) is 190 Å². The number of hydrogen-bond acceptors (Lipinski definition) is 1. The molecule has 1 heteroatoms. The van der Waals surface area contributed by atoms with Crippen molar-refractivity contribution in [2.24, 2.45) is 0 Å². The summed E-state index contributed by atoms with van der Waals surface area (Å²) in [6, 6.07) is 64.4. The van der Waals surface area contributed by atoms with E-state index >= 15 is 0 Å². The molecule has 1 heterocycles. The monoisotopic (exact) mass is 678 g/mol. The summed E-state index contributed by atoms with van der Waals surface area (Å²) in [5, 5.41) is 9.86. The van der Waals surface area contributed by atoms with Crippen molar-refractivity contribution < 1.29 is 4.42 Å². The first-order chi connectivity index (χ1) is 26.2. The van der Waals surface area contributed by atoms with Crippen LogP contribution in [-0.4, -0.2) is 0 Å². The van der Waals surface area contributed by atoms with Crippen LogP contribution < -0.4 is 0 Å². The van der Waals surface area contributed by atoms with Gasteiger partial charge in [0.2, 0.25) is 0 Å². The fourth-order valence-electron chi connectivity index (χ4n) is 8.46. The zero-order valence-corrected chi connectivity index (χ0v) is 29.9. The first-order valence-electron chi connectivity index (χ1n) is 18.7. The first-order valence-corrected chi connectivity index (χ1v) is 18.7. The topological polar surface area (TPSA) is 13.1 Å². The minimum absolute atomic E-state index is 0.496. The fourth-order valence-corrected chi connectivity index (χ4v) is 8.46. The third-order valence-electron chi connectivity index (χ3n) is 11.3. The molecule has 0 aliphatic rings. The van der Waals surface area contributed by atoms with E-state index in [9.17, 15) is 0 Å². The molecule has 0 saturated carbocycles. The van der Waals surface area contributed by atoms with Crippen LogP contribution in [0.2, 0.25) is 0 Å². The summed E-state index contributed by atoms with van der Waals surface area (Å²) in [6.45, 7) is 4.58. The molecule has 1 atom stereocenters. The van der Waals surface area contributed by atoms with E-state index in [0.29, 0.717) is 5.92 Å². The fraction of sp³-hybridized carbons (Fsp3) is 0.0769. The van der Waals surface area contributed by atoms with Gasteiger partial charge in [0.15, 0.2) is 0 Å². The summed E-state index contributed by atoms with van der Waals surface area (Å²) in [4.78, 5) is 0. The van der Waals surface area contributed by atoms with Gasteiger partial charge in [-0.3, -0.25) is 0 Å². The van der Waals surface area contributed by atoms with Gasteiger partial charge in [0, 0.05) is 16.3 Å². The highest BCUT2D eigenvalue weighted by Gasteiger charge is 2.20. The Labute approximate surface area is 309 Å². The van der Waals surface area contributed by atoms with Gasteiger partial charge < -0.3 is 4.42 Å². The molecule has 9 aromatic carbocycles. The zero-order chi connectivity index (χ0) is 35.5. The minimum atomic E-state index is 0.496. The predicted octanol–water partition coefficient (Wildman–Crippen LogP) is 15.2. The Hall–Kier alpha value is -6.44. The minimum Gasteiger partial charge on any atom is -0.455 e. The van der Waals surface area contributed by atoms with Crippen molar-refractivity contribution in [3.8, 4) is 44.5 Å². The van der Waals surface area contributed by atoms with Crippen molar-refractivity contribution in [1.82, 2.24) is 0 Å². The molecule has 1 aromatic heterocycles. The Kier molecular flexibility index (Phi) is 7.47. The molecule has 0 amide bonds. The molecule has 0 bridgehead atoms. The lowest BCUT2D eigenvalue weighted by Crippen LogP contribution is -1.92. The van der Waals surface area contributed by atoms with Crippen molar-refractivity contribution in [3.63, 3.8) is 0 Å². The lowest BCUT2D eigenvalue weighted by atomic mass is 9.84. The third kappa shape index (κ3) is 5.15. The Balaban J connectivity index is 1.22. The predicted molar refractivity (Wildman–Crippen MR) is 227 cm³/mol. The van der Waals surface area contributed by atoms with Gasteiger partial charge in [-0.15, -0.1) is 0 Å². The van der Waals surface area contributed by atoms with Gasteiger partial charge in [-0.05, 0) is 113 Å². The molecule has 10 aromatic rings. The average molecular weight is 679 g/mol. The molecule has 1 nitrogen and oxygen atoms in total. The van der Waals surface area contributed by atoms with Crippen molar-refractivity contribution in [3.05, 3.63) is 181 Å². The average Bonchev–Trinajstić information content (AvgIpc) is 3.62. The molecule has 0 fully saturated rings. The molecule has 0 saturated heterocycles. The second-order valence-corrected chi connectivity index (χ2v) is 14.4. The number of hydrogen-bond donors (Lipinski definition) is 0. The second-order valence-electron chi connectivity index (χ2n) is 14.4. The molecule has 0 N–H and O–H groups in total. The van der Waals surface area contributed by atoms with E-state index in [1.807, 2.05) is 0 Å². The van der Waals surface area contributed by atoms with Gasteiger partial charge in [-0.25, -0.2) is 0 Å². The lowest BCUT2D eigenvalue weighted by Gasteiger charge is -2.19. The molecule has 10 rings (SSSR count). The van der Waals surface area contributed by atoms with Gasteiger partial charge in [0.1, 0.15) is 11.2 Å². The van der Waals surface area contributed by atoms with E-state index < -0.39 is 0 Å². The van der Waals surface area contributed by atoms with Gasteiger partial charge in [0.25, 0.3) is 0 Å². The molecule has 252 valence electrons. The van der Waals surface area contributed by atoms with Crippen molar-refractivity contribution in [2.45, 2.75) is 26.2 Å². The Morgan fingerprint density at radius 2 is 1.00 bits per heavy atom. The maximum absolute atomic E-state index is 6.71. The van der Waals surface area contributed by atoms with Crippen LogP contribution in [0.3, 0.4) is 0 Å². The molecule has 0 aliphatic carbocycles. The highest BCUT2D eigenvalue weighted by Crippen LogP contribution is 2.46. The first kappa shape index (κ1) is 31.3. The maximum atomic E-state index is 6.71. The van der Waals surface area contributed by atoms with Crippen molar-refractivity contribution in [1.29, 1.82) is 0 Å². The van der Waals surface area contributed by atoms with E-state index in [1.165, 1.54) is 76.6 Å². The SMILES string of the molecule is CCC(C)c1ccc2c(c1)cc(-c1cccc(-c3ccc4c(-c5ccccc5)c5ccccc5c(-c5ccccc5)c4c3)c1)c1oc3ccccc3c12. The van der Waals surface area contributed by atoms with E-state index in [1.54, 1.807) is 0 Å². The molecule has 0 aliphatic heterocycles. The lowest BCUT2D eigenvalue weighted by molar-refractivity contribution is 0.670. The molecular weight excluding hydrogens is 641 g/mol. The molecule has 0 spiro atoms. The molecule has 0 radical (unpaired) electrons. The Bertz CT molecular complexity index is 2990.